The lowest BCUT2D eigenvalue weighted by Crippen LogP contribution is -2.27. The highest BCUT2D eigenvalue weighted by Crippen LogP contribution is 2.42. The third-order valence-corrected chi connectivity index (χ3v) is 3.71. The van der Waals surface area contributed by atoms with Gasteiger partial charge in [0, 0.05) is 0 Å². The van der Waals surface area contributed by atoms with Gasteiger partial charge in [-0.2, -0.15) is 0 Å². The number of halogens is 2. The Hall–Kier alpha value is -1.30. The molecular formula is C13H14BrFO4. The van der Waals surface area contributed by atoms with Crippen LogP contribution in [-0.4, -0.2) is 24.3 Å². The molecule has 1 aromatic carbocycles. The van der Waals surface area contributed by atoms with E-state index in [2.05, 4.69) is 15.9 Å². The summed E-state index contributed by atoms with van der Waals surface area (Å²) in [6, 6.07) is 1.51. The molecule has 0 amide bonds. The maximum Gasteiger partial charge on any atom is 0.309 e. The van der Waals surface area contributed by atoms with Crippen molar-refractivity contribution in [2.45, 2.75) is 20.3 Å². The van der Waals surface area contributed by atoms with Gasteiger partial charge in [0.2, 0.25) is 0 Å². The number of aliphatic carboxylic acids is 1. The minimum absolute atomic E-state index is 0.0728. The highest BCUT2D eigenvalue weighted by Gasteiger charge is 2.31. The van der Waals surface area contributed by atoms with Gasteiger partial charge in [0.25, 0.3) is 0 Å². The molecule has 104 valence electrons. The molecule has 0 unspecified atom stereocenters. The first-order valence-electron chi connectivity index (χ1n) is 5.83. The summed E-state index contributed by atoms with van der Waals surface area (Å²) >= 11 is 3.13. The van der Waals surface area contributed by atoms with Gasteiger partial charge in [0.05, 0.1) is 9.89 Å². The van der Waals surface area contributed by atoms with Gasteiger partial charge in [-0.1, -0.05) is 0 Å². The van der Waals surface area contributed by atoms with E-state index in [4.69, 9.17) is 14.6 Å². The second kappa shape index (κ2) is 5.00. The van der Waals surface area contributed by atoms with E-state index in [0.717, 1.165) is 0 Å². The zero-order valence-corrected chi connectivity index (χ0v) is 12.2. The predicted molar refractivity (Wildman–Crippen MR) is 70.2 cm³/mol. The van der Waals surface area contributed by atoms with Gasteiger partial charge < -0.3 is 14.6 Å². The zero-order valence-electron chi connectivity index (χ0n) is 10.6. The molecule has 1 aliphatic heterocycles. The van der Waals surface area contributed by atoms with Crippen LogP contribution in [-0.2, 0) is 11.2 Å². The highest BCUT2D eigenvalue weighted by atomic mass is 79.9. The highest BCUT2D eigenvalue weighted by molar-refractivity contribution is 9.10. The van der Waals surface area contributed by atoms with Crippen LogP contribution in [0.2, 0.25) is 0 Å². The molecule has 0 aromatic heterocycles. The zero-order chi connectivity index (χ0) is 14.2. The van der Waals surface area contributed by atoms with Crippen LogP contribution in [0.4, 0.5) is 4.39 Å². The number of ether oxygens (including phenoxy) is 2. The Morgan fingerprint density at radius 2 is 2.11 bits per heavy atom. The van der Waals surface area contributed by atoms with Crippen LogP contribution in [0.1, 0.15) is 19.4 Å². The summed E-state index contributed by atoms with van der Waals surface area (Å²) in [4.78, 5) is 11.1. The molecule has 4 nitrogen and oxygen atoms in total. The molecular weight excluding hydrogens is 319 g/mol. The number of rotatable bonds is 3. The van der Waals surface area contributed by atoms with E-state index in [-0.39, 0.29) is 10.9 Å². The van der Waals surface area contributed by atoms with Crippen LogP contribution >= 0.6 is 15.9 Å². The van der Waals surface area contributed by atoms with Crippen molar-refractivity contribution >= 4 is 21.9 Å². The van der Waals surface area contributed by atoms with Crippen molar-refractivity contribution in [2.24, 2.45) is 5.41 Å². The standard InChI is InChI=1S/C13H14BrFO4/c1-13(2,12(16)17)6-7-5-8-11(9(14)10(7)15)19-4-3-18-8/h5H,3-4,6H2,1-2H3,(H,16,17). The van der Waals surface area contributed by atoms with E-state index in [0.29, 0.717) is 30.3 Å². The minimum atomic E-state index is -1.05. The predicted octanol–water partition coefficient (Wildman–Crippen LogP) is 3.01. The van der Waals surface area contributed by atoms with Crippen LogP contribution < -0.4 is 9.47 Å². The molecule has 0 atom stereocenters. The van der Waals surface area contributed by atoms with Crippen molar-refractivity contribution in [3.8, 4) is 11.5 Å². The minimum Gasteiger partial charge on any atom is -0.486 e. The average molecular weight is 333 g/mol. The topological polar surface area (TPSA) is 55.8 Å². The van der Waals surface area contributed by atoms with Gasteiger partial charge in [-0.05, 0) is 47.8 Å². The van der Waals surface area contributed by atoms with Crippen molar-refractivity contribution in [2.75, 3.05) is 13.2 Å². The molecule has 1 heterocycles. The Balaban J connectivity index is 2.42. The van der Waals surface area contributed by atoms with Crippen LogP contribution in [0.15, 0.2) is 10.5 Å². The van der Waals surface area contributed by atoms with E-state index in [1.807, 2.05) is 0 Å². The summed E-state index contributed by atoms with van der Waals surface area (Å²) in [6.07, 6.45) is 0.0728. The Morgan fingerprint density at radius 3 is 2.74 bits per heavy atom. The number of hydrogen-bond acceptors (Lipinski definition) is 3. The Morgan fingerprint density at radius 1 is 1.47 bits per heavy atom. The molecule has 0 saturated heterocycles. The van der Waals surface area contributed by atoms with Gasteiger partial charge in [-0.3, -0.25) is 4.79 Å². The first-order valence-corrected chi connectivity index (χ1v) is 6.62. The smallest absolute Gasteiger partial charge is 0.309 e. The molecule has 2 rings (SSSR count). The summed E-state index contributed by atoms with van der Waals surface area (Å²) in [5.41, 5.74) is -0.757. The molecule has 0 radical (unpaired) electrons. The molecule has 0 bridgehead atoms. The van der Waals surface area contributed by atoms with Gasteiger partial charge in [0.1, 0.15) is 19.0 Å². The molecule has 1 aromatic rings. The van der Waals surface area contributed by atoms with Gasteiger partial charge in [-0.25, -0.2) is 4.39 Å². The average Bonchev–Trinajstić information content (AvgIpc) is 2.35. The molecule has 0 saturated carbocycles. The van der Waals surface area contributed by atoms with Crippen molar-refractivity contribution in [3.05, 3.63) is 21.9 Å². The summed E-state index contributed by atoms with van der Waals surface area (Å²) in [6.45, 7) is 3.87. The van der Waals surface area contributed by atoms with E-state index in [1.54, 1.807) is 13.8 Å². The van der Waals surface area contributed by atoms with Crippen molar-refractivity contribution < 1.29 is 23.8 Å². The Kier molecular flexibility index (Phi) is 3.71. The number of hydrogen-bond donors (Lipinski definition) is 1. The number of carboxylic acid groups (broad SMARTS) is 1. The third-order valence-electron chi connectivity index (χ3n) is 3.00. The number of carbonyl (C=O) groups is 1. The summed E-state index contributed by atoms with van der Waals surface area (Å²) < 4.78 is 25.1. The second-order valence-corrected chi connectivity index (χ2v) is 5.85. The van der Waals surface area contributed by atoms with Crippen LogP contribution in [0, 0.1) is 11.2 Å². The maximum absolute atomic E-state index is 14.2. The second-order valence-electron chi connectivity index (χ2n) is 5.05. The normalized spacial score (nSPS) is 14.3. The molecule has 0 fully saturated rings. The lowest BCUT2D eigenvalue weighted by atomic mass is 9.85. The molecule has 6 heteroatoms. The van der Waals surface area contributed by atoms with Crippen molar-refractivity contribution in [3.63, 3.8) is 0 Å². The molecule has 0 spiro atoms. The summed E-state index contributed by atoms with van der Waals surface area (Å²) in [5, 5.41) is 9.11. The lowest BCUT2D eigenvalue weighted by molar-refractivity contribution is -0.146. The first-order chi connectivity index (χ1) is 8.83. The first kappa shape index (κ1) is 14.1. The van der Waals surface area contributed by atoms with Crippen LogP contribution in [0.3, 0.4) is 0 Å². The van der Waals surface area contributed by atoms with Crippen molar-refractivity contribution in [1.82, 2.24) is 0 Å². The number of fused-ring (bicyclic) bond motifs is 1. The fraction of sp³-hybridized carbons (Fsp3) is 0.462. The molecule has 0 aliphatic carbocycles. The number of benzene rings is 1. The quantitative estimate of drug-likeness (QED) is 0.924. The fourth-order valence-corrected chi connectivity index (χ4v) is 2.42. The van der Waals surface area contributed by atoms with Crippen molar-refractivity contribution in [1.29, 1.82) is 0 Å². The van der Waals surface area contributed by atoms with E-state index in [9.17, 15) is 9.18 Å². The summed E-state index contributed by atoms with van der Waals surface area (Å²) in [5.74, 6) is -0.701. The Labute approximate surface area is 118 Å². The van der Waals surface area contributed by atoms with Crippen LogP contribution in [0.25, 0.3) is 0 Å². The maximum atomic E-state index is 14.2. The molecule has 1 aliphatic rings. The van der Waals surface area contributed by atoms with E-state index < -0.39 is 17.2 Å². The van der Waals surface area contributed by atoms with E-state index >= 15 is 0 Å². The third kappa shape index (κ3) is 2.68. The van der Waals surface area contributed by atoms with E-state index in [1.165, 1.54) is 6.07 Å². The fourth-order valence-electron chi connectivity index (χ4n) is 1.85. The monoisotopic (exact) mass is 332 g/mol. The molecule has 1 N–H and O–H groups in total. The lowest BCUT2D eigenvalue weighted by Gasteiger charge is -2.24. The molecule has 19 heavy (non-hydrogen) atoms. The van der Waals surface area contributed by atoms with Gasteiger partial charge in [-0.15, -0.1) is 0 Å². The van der Waals surface area contributed by atoms with Crippen LogP contribution in [0.5, 0.6) is 11.5 Å². The SMILES string of the molecule is CC(C)(Cc1cc2c(c(Br)c1F)OCCO2)C(=O)O. The summed E-state index contributed by atoms with van der Waals surface area (Å²) in [7, 11) is 0. The number of carboxylic acids is 1. The Bertz CT molecular complexity index is 528. The van der Waals surface area contributed by atoms with Gasteiger partial charge in [0.15, 0.2) is 11.5 Å². The van der Waals surface area contributed by atoms with Gasteiger partial charge >= 0.3 is 5.97 Å². The largest absolute Gasteiger partial charge is 0.486 e.